The minimum atomic E-state index is -2.84. The van der Waals surface area contributed by atoms with Gasteiger partial charge in [0.2, 0.25) is 5.89 Å². The highest BCUT2D eigenvalue weighted by Gasteiger charge is 2.55. The summed E-state index contributed by atoms with van der Waals surface area (Å²) in [6, 6.07) is 13.2. The number of hydrogen-bond donors (Lipinski definition) is 0. The fourth-order valence-electron chi connectivity index (χ4n) is 4.75. The smallest absolute Gasteiger partial charge is 0.410 e. The van der Waals surface area contributed by atoms with Crippen molar-refractivity contribution in [3.8, 4) is 11.5 Å². The van der Waals surface area contributed by atoms with Gasteiger partial charge < -0.3 is 23.9 Å². The molecule has 0 N–H and O–H groups in total. The van der Waals surface area contributed by atoms with E-state index in [0.29, 0.717) is 43.4 Å². The number of likely N-dealkylation sites (tertiary alicyclic amines) is 2. The van der Waals surface area contributed by atoms with E-state index in [1.54, 1.807) is 29.2 Å². The maximum atomic E-state index is 13.7. The van der Waals surface area contributed by atoms with E-state index in [-0.39, 0.29) is 23.2 Å². The summed E-state index contributed by atoms with van der Waals surface area (Å²) in [5.74, 6) is -1.07. The number of carbonyl (C=O) groups is 1. The molecule has 1 aromatic heterocycles. The first-order valence-electron chi connectivity index (χ1n) is 12.4. The van der Waals surface area contributed by atoms with Gasteiger partial charge in [-0.1, -0.05) is 12.1 Å². The van der Waals surface area contributed by atoms with Crippen molar-refractivity contribution in [2.24, 2.45) is 5.41 Å². The van der Waals surface area contributed by atoms with Crippen molar-refractivity contribution < 1.29 is 27.1 Å². The molecule has 2 aliphatic heterocycles. The summed E-state index contributed by atoms with van der Waals surface area (Å²) in [5, 5.41) is 7.64. The van der Waals surface area contributed by atoms with Crippen molar-refractivity contribution in [3.63, 3.8) is 0 Å². The third-order valence-electron chi connectivity index (χ3n) is 6.57. The van der Waals surface area contributed by atoms with Crippen LogP contribution >= 0.6 is 12.2 Å². The number of alkyl halides is 2. The zero-order valence-electron chi connectivity index (χ0n) is 21.7. The highest BCUT2D eigenvalue weighted by molar-refractivity contribution is 7.80. The van der Waals surface area contributed by atoms with E-state index in [9.17, 15) is 18.0 Å². The van der Waals surface area contributed by atoms with Crippen molar-refractivity contribution in [1.82, 2.24) is 20.0 Å². The average molecular weight is 560 g/mol. The first kappa shape index (κ1) is 26.9. The average Bonchev–Trinajstić information content (AvgIpc) is 3.31. The molecule has 5 rings (SSSR count). The molecule has 3 aromatic rings. The molecule has 2 aromatic carbocycles. The molecular formula is C27H28F3N5O3S. The Bertz CT molecular complexity index is 1340. The van der Waals surface area contributed by atoms with Crippen LogP contribution in [0.3, 0.4) is 0 Å². The van der Waals surface area contributed by atoms with Crippen LogP contribution < -0.4 is 4.90 Å². The number of anilines is 1. The number of thiocarbonyl (C=S) groups is 1. The number of benzene rings is 2. The van der Waals surface area contributed by atoms with Gasteiger partial charge in [0.25, 0.3) is 5.89 Å². The Balaban J connectivity index is 1.26. The maximum absolute atomic E-state index is 13.7. The number of nitrogens with zero attached hydrogens (tertiary/aromatic N) is 5. The monoisotopic (exact) mass is 559 g/mol. The predicted octanol–water partition coefficient (Wildman–Crippen LogP) is 5.66. The molecule has 0 unspecified atom stereocenters. The van der Waals surface area contributed by atoms with E-state index in [2.05, 4.69) is 15.1 Å². The van der Waals surface area contributed by atoms with Crippen LogP contribution in [-0.4, -0.2) is 63.0 Å². The van der Waals surface area contributed by atoms with Gasteiger partial charge in [-0.15, -0.1) is 10.2 Å². The van der Waals surface area contributed by atoms with Gasteiger partial charge in [-0.3, -0.25) is 0 Å². The fraction of sp³-hybridized carbons (Fsp3) is 0.407. The third-order valence-corrected chi connectivity index (χ3v) is 7.04. The van der Waals surface area contributed by atoms with Crippen molar-refractivity contribution in [3.05, 3.63) is 65.8 Å². The molecule has 3 heterocycles. The molecule has 0 atom stereocenters. The molecule has 2 fully saturated rings. The molecule has 8 nitrogen and oxygen atoms in total. The van der Waals surface area contributed by atoms with Crippen molar-refractivity contribution in [1.29, 1.82) is 0 Å². The van der Waals surface area contributed by atoms with E-state index in [1.807, 2.05) is 37.8 Å². The molecule has 0 bridgehead atoms. The van der Waals surface area contributed by atoms with Gasteiger partial charge in [0, 0.05) is 42.8 Å². The molecule has 206 valence electrons. The van der Waals surface area contributed by atoms with Crippen LogP contribution in [-0.2, 0) is 11.3 Å². The standard InChI is InChI=1S/C27H28F3N5O3S/c1-26(2,3)38-25(36)34-15-27(16-34)13-33(14-27)24(39)35(20-10-8-19(28)9-11-20)12-17-4-6-18(7-5-17)22-31-32-23(37-22)21(29)30/h4-11,21H,12-16H2,1-3H3. The molecule has 0 aliphatic carbocycles. The summed E-state index contributed by atoms with van der Waals surface area (Å²) < 4.78 is 49.7. The number of aromatic nitrogens is 2. The second-order valence-corrected chi connectivity index (χ2v) is 11.3. The van der Waals surface area contributed by atoms with Crippen LogP contribution in [0.5, 0.6) is 0 Å². The molecule has 1 amide bonds. The predicted molar refractivity (Wildman–Crippen MR) is 142 cm³/mol. The first-order valence-corrected chi connectivity index (χ1v) is 12.8. The molecule has 2 aliphatic rings. The number of carbonyl (C=O) groups excluding carboxylic acids is 1. The Kier molecular flexibility index (Phi) is 7.00. The van der Waals surface area contributed by atoms with E-state index in [0.717, 1.165) is 11.3 Å². The Morgan fingerprint density at radius 2 is 1.67 bits per heavy atom. The Morgan fingerprint density at radius 1 is 1.05 bits per heavy atom. The SMILES string of the molecule is CC(C)(C)OC(=O)N1CC2(C1)CN(C(=S)N(Cc1ccc(-c3nnc(C(F)F)o3)cc1)c1ccc(F)cc1)C2. The Hall–Kier alpha value is -3.67. The molecule has 2 saturated heterocycles. The highest BCUT2D eigenvalue weighted by Crippen LogP contribution is 2.41. The number of ether oxygens (including phenoxy) is 1. The lowest BCUT2D eigenvalue weighted by molar-refractivity contribution is -0.0884. The first-order chi connectivity index (χ1) is 18.4. The van der Waals surface area contributed by atoms with E-state index in [1.165, 1.54) is 12.1 Å². The third kappa shape index (κ3) is 5.85. The van der Waals surface area contributed by atoms with Crippen molar-refractivity contribution in [2.75, 3.05) is 31.1 Å². The zero-order chi connectivity index (χ0) is 27.9. The Morgan fingerprint density at radius 3 is 2.23 bits per heavy atom. The van der Waals surface area contributed by atoms with Crippen LogP contribution in [0.2, 0.25) is 0 Å². The van der Waals surface area contributed by atoms with Crippen LogP contribution in [0.15, 0.2) is 52.9 Å². The molecule has 39 heavy (non-hydrogen) atoms. The van der Waals surface area contributed by atoms with E-state index in [4.69, 9.17) is 21.4 Å². The van der Waals surface area contributed by atoms with E-state index < -0.39 is 17.9 Å². The number of amides is 1. The van der Waals surface area contributed by atoms with Gasteiger partial charge in [0.05, 0.1) is 6.54 Å². The van der Waals surface area contributed by atoms with Gasteiger partial charge in [-0.2, -0.15) is 8.78 Å². The van der Waals surface area contributed by atoms with Crippen molar-refractivity contribution in [2.45, 2.75) is 39.3 Å². The number of hydrogen-bond acceptors (Lipinski definition) is 6. The van der Waals surface area contributed by atoms with Crippen molar-refractivity contribution >= 4 is 29.1 Å². The summed E-state index contributed by atoms with van der Waals surface area (Å²) in [6.07, 6.45) is -3.15. The quantitative estimate of drug-likeness (QED) is 0.371. The molecular weight excluding hydrogens is 531 g/mol. The zero-order valence-corrected chi connectivity index (χ0v) is 22.6. The largest absolute Gasteiger partial charge is 0.444 e. The molecule has 1 spiro atoms. The second-order valence-electron chi connectivity index (χ2n) is 11.0. The van der Waals surface area contributed by atoms with Gasteiger partial charge in [0.15, 0.2) is 5.11 Å². The number of rotatable bonds is 5. The molecule has 12 heteroatoms. The van der Waals surface area contributed by atoms with Gasteiger partial charge in [0.1, 0.15) is 11.4 Å². The lowest BCUT2D eigenvalue weighted by Crippen LogP contribution is -2.74. The molecule has 0 radical (unpaired) electrons. The van der Waals surface area contributed by atoms with Gasteiger partial charge in [-0.05, 0) is 75.0 Å². The number of halogens is 3. The van der Waals surface area contributed by atoms with E-state index >= 15 is 0 Å². The minimum Gasteiger partial charge on any atom is -0.444 e. The summed E-state index contributed by atoms with van der Waals surface area (Å²) >= 11 is 5.87. The van der Waals surface area contributed by atoms with Crippen LogP contribution in [0.1, 0.15) is 38.7 Å². The second kappa shape index (κ2) is 10.1. The van der Waals surface area contributed by atoms with Gasteiger partial charge in [-0.25, -0.2) is 9.18 Å². The topological polar surface area (TPSA) is 74.9 Å². The fourth-order valence-corrected chi connectivity index (χ4v) is 5.05. The normalized spacial score (nSPS) is 16.2. The van der Waals surface area contributed by atoms with Crippen LogP contribution in [0.25, 0.3) is 11.5 Å². The summed E-state index contributed by atoms with van der Waals surface area (Å²) in [5.41, 5.74) is 1.57. The molecule has 0 saturated carbocycles. The van der Waals surface area contributed by atoms with Gasteiger partial charge >= 0.3 is 12.5 Å². The van der Waals surface area contributed by atoms with Crippen LogP contribution in [0, 0.1) is 11.2 Å². The lowest BCUT2D eigenvalue weighted by Gasteiger charge is -2.61. The summed E-state index contributed by atoms with van der Waals surface area (Å²) in [6.45, 7) is 8.55. The summed E-state index contributed by atoms with van der Waals surface area (Å²) in [7, 11) is 0. The highest BCUT2D eigenvalue weighted by atomic mass is 32.1. The maximum Gasteiger partial charge on any atom is 0.410 e. The summed E-state index contributed by atoms with van der Waals surface area (Å²) in [4.78, 5) is 18.0. The Labute approximate surface area is 229 Å². The lowest BCUT2D eigenvalue weighted by atomic mass is 9.73. The minimum absolute atomic E-state index is 0.00885. The van der Waals surface area contributed by atoms with Crippen LogP contribution in [0.4, 0.5) is 23.7 Å².